The molecule has 1 aromatic heterocycles. The minimum atomic E-state index is -0.829. The summed E-state index contributed by atoms with van der Waals surface area (Å²) in [4.78, 5) is 0. The molecule has 2 rings (SSSR count). The van der Waals surface area contributed by atoms with E-state index in [1.54, 1.807) is 10.9 Å². The van der Waals surface area contributed by atoms with Crippen molar-refractivity contribution in [2.24, 2.45) is 0 Å². The van der Waals surface area contributed by atoms with E-state index in [1.165, 1.54) is 0 Å². The Balaban J connectivity index is 2.22. The molecule has 0 amide bonds. The van der Waals surface area contributed by atoms with Crippen molar-refractivity contribution in [2.75, 3.05) is 12.0 Å². The highest BCUT2D eigenvalue weighted by Gasteiger charge is 2.13. The average molecular weight is 293 g/mol. The normalized spacial score (nSPS) is 14.2. The third kappa shape index (κ3) is 3.22. The van der Waals surface area contributed by atoms with Crippen LogP contribution in [0.1, 0.15) is 18.9 Å². The van der Waals surface area contributed by atoms with Crippen molar-refractivity contribution in [3.05, 3.63) is 23.8 Å². The van der Waals surface area contributed by atoms with Crippen LogP contribution in [0.15, 0.2) is 18.2 Å². The van der Waals surface area contributed by atoms with Gasteiger partial charge in [-0.3, -0.25) is 4.21 Å². The van der Waals surface area contributed by atoms with E-state index in [-0.39, 0.29) is 5.25 Å². The molecule has 2 unspecified atom stereocenters. The van der Waals surface area contributed by atoms with Crippen LogP contribution in [0.4, 0.5) is 5.69 Å². The molecule has 1 aromatic carbocycles. The number of aromatic nitrogens is 4. The Hall–Kier alpha value is -1.76. The zero-order valence-electron chi connectivity index (χ0n) is 11.9. The van der Waals surface area contributed by atoms with E-state index >= 15 is 0 Å². The van der Waals surface area contributed by atoms with Crippen molar-refractivity contribution in [2.45, 2.75) is 32.1 Å². The minimum absolute atomic E-state index is 0.125. The van der Waals surface area contributed by atoms with Crippen LogP contribution in [0, 0.1) is 6.92 Å². The number of rotatable bonds is 5. The highest BCUT2D eigenvalue weighted by molar-refractivity contribution is 7.84. The molecule has 20 heavy (non-hydrogen) atoms. The molecule has 2 N–H and O–H groups in total. The summed E-state index contributed by atoms with van der Waals surface area (Å²) in [5.41, 5.74) is 8.48. The van der Waals surface area contributed by atoms with Crippen LogP contribution in [-0.2, 0) is 17.3 Å². The number of nitrogens with two attached hydrogens (primary N) is 1. The molecule has 0 aliphatic carbocycles. The molecule has 0 aliphatic rings. The van der Waals surface area contributed by atoms with E-state index in [1.807, 2.05) is 32.0 Å². The summed E-state index contributed by atoms with van der Waals surface area (Å²) in [6.07, 6.45) is 2.49. The maximum Gasteiger partial charge on any atom is 0.182 e. The number of aryl methyl sites for hydroxylation is 2. The van der Waals surface area contributed by atoms with E-state index in [0.717, 1.165) is 29.1 Å². The van der Waals surface area contributed by atoms with Gasteiger partial charge in [-0.2, -0.15) is 0 Å². The third-order valence-electron chi connectivity index (χ3n) is 3.34. The van der Waals surface area contributed by atoms with Crippen LogP contribution < -0.4 is 5.73 Å². The minimum Gasteiger partial charge on any atom is -0.399 e. The third-order valence-corrected chi connectivity index (χ3v) is 4.71. The summed E-state index contributed by atoms with van der Waals surface area (Å²) in [6.45, 7) is 4.59. The largest absolute Gasteiger partial charge is 0.399 e. The molecule has 0 fully saturated rings. The Morgan fingerprint density at radius 2 is 2.20 bits per heavy atom. The van der Waals surface area contributed by atoms with Gasteiger partial charge in [0.25, 0.3) is 0 Å². The van der Waals surface area contributed by atoms with Crippen molar-refractivity contribution < 1.29 is 4.21 Å². The first-order valence-electron chi connectivity index (χ1n) is 6.44. The standard InChI is InChI=1S/C13H19N5OS/c1-9-8-11(14)4-5-12(9)13-15-16-17-18(13)7-6-10(2)20(3)19/h4-5,8,10H,6-7,14H2,1-3H3. The number of benzene rings is 1. The molecule has 6 nitrogen and oxygen atoms in total. The van der Waals surface area contributed by atoms with Crippen LogP contribution in [-0.4, -0.2) is 35.9 Å². The zero-order valence-corrected chi connectivity index (χ0v) is 12.7. The number of nitrogen functional groups attached to an aromatic ring is 1. The number of tetrazole rings is 1. The van der Waals surface area contributed by atoms with Gasteiger partial charge < -0.3 is 5.73 Å². The number of nitrogens with zero attached hydrogens (tertiary/aromatic N) is 4. The molecule has 0 saturated carbocycles. The molecule has 0 aliphatic heterocycles. The van der Waals surface area contributed by atoms with Gasteiger partial charge in [-0.05, 0) is 47.5 Å². The van der Waals surface area contributed by atoms with Crippen molar-refractivity contribution in [3.8, 4) is 11.4 Å². The first-order chi connectivity index (χ1) is 9.49. The lowest BCUT2D eigenvalue weighted by Gasteiger charge is -2.10. The van der Waals surface area contributed by atoms with E-state index in [0.29, 0.717) is 6.54 Å². The Morgan fingerprint density at radius 3 is 2.85 bits per heavy atom. The fourth-order valence-corrected chi connectivity index (χ4v) is 2.39. The van der Waals surface area contributed by atoms with Gasteiger partial charge in [-0.15, -0.1) is 5.10 Å². The number of hydrogen-bond acceptors (Lipinski definition) is 5. The molecule has 0 saturated heterocycles. The van der Waals surface area contributed by atoms with Gasteiger partial charge in [0.1, 0.15) is 0 Å². The fraction of sp³-hybridized carbons (Fsp3) is 0.462. The summed E-state index contributed by atoms with van der Waals surface area (Å²) < 4.78 is 13.1. The molecular weight excluding hydrogens is 274 g/mol. The lowest BCUT2D eigenvalue weighted by atomic mass is 10.1. The van der Waals surface area contributed by atoms with E-state index < -0.39 is 10.8 Å². The molecule has 1 heterocycles. The van der Waals surface area contributed by atoms with Crippen molar-refractivity contribution >= 4 is 16.5 Å². The first-order valence-corrected chi connectivity index (χ1v) is 8.06. The zero-order chi connectivity index (χ0) is 14.7. The second-order valence-corrected chi connectivity index (χ2v) is 6.70. The second kappa shape index (κ2) is 6.13. The van der Waals surface area contributed by atoms with E-state index in [9.17, 15) is 4.21 Å². The fourth-order valence-electron chi connectivity index (χ4n) is 1.96. The predicted octanol–water partition coefficient (Wildman–Crippen LogP) is 1.39. The summed E-state index contributed by atoms with van der Waals surface area (Å²) >= 11 is 0. The molecular formula is C13H19N5OS. The van der Waals surface area contributed by atoms with Gasteiger partial charge in [0.15, 0.2) is 5.82 Å². The quantitative estimate of drug-likeness (QED) is 0.842. The van der Waals surface area contributed by atoms with Crippen LogP contribution in [0.2, 0.25) is 0 Å². The summed E-state index contributed by atoms with van der Waals surface area (Å²) in [5, 5.41) is 12.0. The molecule has 0 spiro atoms. The van der Waals surface area contributed by atoms with Crippen LogP contribution in [0.25, 0.3) is 11.4 Å². The summed E-state index contributed by atoms with van der Waals surface area (Å²) in [5.74, 6) is 0.719. The lowest BCUT2D eigenvalue weighted by Crippen LogP contribution is -2.14. The lowest BCUT2D eigenvalue weighted by molar-refractivity contribution is 0.556. The molecule has 2 atom stereocenters. The van der Waals surface area contributed by atoms with Gasteiger partial charge >= 0.3 is 0 Å². The van der Waals surface area contributed by atoms with Gasteiger partial charge in [-0.25, -0.2) is 4.68 Å². The first kappa shape index (κ1) is 14.6. The average Bonchev–Trinajstić information content (AvgIpc) is 2.84. The van der Waals surface area contributed by atoms with Gasteiger partial charge in [0.05, 0.1) is 0 Å². The summed E-state index contributed by atoms with van der Waals surface area (Å²) in [7, 11) is -0.829. The number of hydrogen-bond donors (Lipinski definition) is 1. The van der Waals surface area contributed by atoms with Gasteiger partial charge in [0, 0.05) is 40.1 Å². The Morgan fingerprint density at radius 1 is 1.45 bits per heavy atom. The van der Waals surface area contributed by atoms with Crippen molar-refractivity contribution in [1.82, 2.24) is 20.2 Å². The van der Waals surface area contributed by atoms with Crippen LogP contribution in [0.3, 0.4) is 0 Å². The van der Waals surface area contributed by atoms with Crippen LogP contribution >= 0.6 is 0 Å². The van der Waals surface area contributed by atoms with Gasteiger partial charge in [-0.1, -0.05) is 6.92 Å². The van der Waals surface area contributed by atoms with Crippen molar-refractivity contribution in [1.29, 1.82) is 0 Å². The Kier molecular flexibility index (Phi) is 4.49. The molecule has 0 radical (unpaired) electrons. The van der Waals surface area contributed by atoms with Crippen molar-refractivity contribution in [3.63, 3.8) is 0 Å². The maximum atomic E-state index is 11.4. The SMILES string of the molecule is Cc1cc(N)ccc1-c1nnnn1CCC(C)S(C)=O. The molecule has 108 valence electrons. The topological polar surface area (TPSA) is 86.7 Å². The molecule has 7 heteroatoms. The maximum absolute atomic E-state index is 11.4. The smallest absolute Gasteiger partial charge is 0.182 e. The molecule has 2 aromatic rings. The van der Waals surface area contributed by atoms with Gasteiger partial charge in [0.2, 0.25) is 0 Å². The van der Waals surface area contributed by atoms with E-state index in [4.69, 9.17) is 5.73 Å². The number of anilines is 1. The monoisotopic (exact) mass is 293 g/mol. The highest BCUT2D eigenvalue weighted by Crippen LogP contribution is 2.22. The molecule has 0 bridgehead atoms. The predicted molar refractivity (Wildman–Crippen MR) is 80.5 cm³/mol. The second-order valence-electron chi connectivity index (χ2n) is 4.90. The summed E-state index contributed by atoms with van der Waals surface area (Å²) in [6, 6.07) is 5.66. The van der Waals surface area contributed by atoms with Crippen LogP contribution in [0.5, 0.6) is 0 Å². The Labute approximate surface area is 120 Å². The Bertz CT molecular complexity index is 625. The van der Waals surface area contributed by atoms with E-state index in [2.05, 4.69) is 15.5 Å². The highest BCUT2D eigenvalue weighted by atomic mass is 32.2.